The maximum atomic E-state index is 14.0. The smallest absolute Gasteiger partial charge is 0.262 e. The predicted octanol–water partition coefficient (Wildman–Crippen LogP) is 0.201. The summed E-state index contributed by atoms with van der Waals surface area (Å²) >= 11 is 0. The highest BCUT2D eigenvalue weighted by Gasteiger charge is 2.45. The molecule has 0 aromatic heterocycles. The SMILES string of the molecule is C=[N+](C)c1cc2c(cc1F)C(=O)N(C1CCC(=O)NC1=O)C2=O. The van der Waals surface area contributed by atoms with E-state index >= 15 is 0 Å². The van der Waals surface area contributed by atoms with Crippen LogP contribution >= 0.6 is 0 Å². The number of hydrogen-bond donors (Lipinski definition) is 1. The number of amides is 4. The Balaban J connectivity index is 2.02. The molecule has 8 heteroatoms. The molecule has 1 atom stereocenters. The number of carbonyl (C=O) groups excluding carboxylic acids is 4. The van der Waals surface area contributed by atoms with Crippen molar-refractivity contribution in [2.45, 2.75) is 18.9 Å². The van der Waals surface area contributed by atoms with Gasteiger partial charge in [0, 0.05) is 12.5 Å². The van der Waals surface area contributed by atoms with Crippen LogP contribution in [0.2, 0.25) is 0 Å². The fraction of sp³-hybridized carbons (Fsp3) is 0.267. The van der Waals surface area contributed by atoms with Gasteiger partial charge in [0.05, 0.1) is 11.1 Å². The van der Waals surface area contributed by atoms with Crippen LogP contribution in [-0.2, 0) is 9.59 Å². The average molecular weight is 318 g/mol. The minimum Gasteiger partial charge on any atom is -0.295 e. The van der Waals surface area contributed by atoms with Crippen LogP contribution in [0, 0.1) is 5.82 Å². The number of halogens is 1. The van der Waals surface area contributed by atoms with Crippen molar-refractivity contribution in [3.05, 3.63) is 29.1 Å². The Morgan fingerprint density at radius 2 is 1.83 bits per heavy atom. The van der Waals surface area contributed by atoms with E-state index in [1.807, 2.05) is 0 Å². The van der Waals surface area contributed by atoms with Crippen molar-refractivity contribution < 1.29 is 28.1 Å². The van der Waals surface area contributed by atoms with Gasteiger partial charge >= 0.3 is 0 Å². The van der Waals surface area contributed by atoms with E-state index in [9.17, 15) is 23.6 Å². The molecule has 4 amide bonds. The van der Waals surface area contributed by atoms with Gasteiger partial charge in [-0.2, -0.15) is 4.39 Å². The predicted molar refractivity (Wildman–Crippen MR) is 76.0 cm³/mol. The van der Waals surface area contributed by atoms with E-state index in [1.165, 1.54) is 17.7 Å². The molecule has 7 nitrogen and oxygen atoms in total. The van der Waals surface area contributed by atoms with Crippen molar-refractivity contribution in [2.75, 3.05) is 7.05 Å². The van der Waals surface area contributed by atoms with Gasteiger partial charge < -0.3 is 0 Å². The van der Waals surface area contributed by atoms with Crippen LogP contribution in [0.4, 0.5) is 10.1 Å². The number of fused-ring (bicyclic) bond motifs is 1. The molecule has 3 rings (SSSR count). The third-order valence-corrected chi connectivity index (χ3v) is 3.92. The molecule has 0 aliphatic carbocycles. The van der Waals surface area contributed by atoms with Crippen LogP contribution in [0.3, 0.4) is 0 Å². The van der Waals surface area contributed by atoms with E-state index in [-0.39, 0.29) is 29.7 Å². The van der Waals surface area contributed by atoms with E-state index in [0.29, 0.717) is 0 Å². The van der Waals surface area contributed by atoms with Gasteiger partial charge in [0.25, 0.3) is 11.8 Å². The van der Waals surface area contributed by atoms with Crippen LogP contribution in [0.25, 0.3) is 0 Å². The summed E-state index contributed by atoms with van der Waals surface area (Å²) in [5.74, 6) is -3.26. The lowest BCUT2D eigenvalue weighted by Gasteiger charge is -2.27. The van der Waals surface area contributed by atoms with E-state index in [1.54, 1.807) is 0 Å². The van der Waals surface area contributed by atoms with Crippen LogP contribution < -0.4 is 5.32 Å². The molecular formula is C15H13FN3O4+. The summed E-state index contributed by atoms with van der Waals surface area (Å²) in [5.41, 5.74) is -0.00979. The second-order valence-corrected chi connectivity index (χ2v) is 5.49. The van der Waals surface area contributed by atoms with Gasteiger partial charge in [-0.05, 0) is 12.5 Å². The summed E-state index contributed by atoms with van der Waals surface area (Å²) in [7, 11) is 1.50. The summed E-state index contributed by atoms with van der Waals surface area (Å²) < 4.78 is 15.2. The Hall–Kier alpha value is -2.90. The zero-order valence-electron chi connectivity index (χ0n) is 12.3. The fourth-order valence-electron chi connectivity index (χ4n) is 2.77. The fourth-order valence-corrected chi connectivity index (χ4v) is 2.77. The van der Waals surface area contributed by atoms with E-state index in [4.69, 9.17) is 0 Å². The monoisotopic (exact) mass is 318 g/mol. The van der Waals surface area contributed by atoms with Crippen molar-refractivity contribution in [3.63, 3.8) is 0 Å². The van der Waals surface area contributed by atoms with E-state index < -0.39 is 35.5 Å². The van der Waals surface area contributed by atoms with E-state index in [2.05, 4.69) is 12.0 Å². The number of piperidine rings is 1. The first-order valence-electron chi connectivity index (χ1n) is 6.90. The summed E-state index contributed by atoms with van der Waals surface area (Å²) in [6.07, 6.45) is 0.0890. The third-order valence-electron chi connectivity index (χ3n) is 3.92. The Morgan fingerprint density at radius 1 is 1.22 bits per heavy atom. The lowest BCUT2D eigenvalue weighted by molar-refractivity contribution is -0.397. The summed E-state index contributed by atoms with van der Waals surface area (Å²) in [6.45, 7) is 3.55. The van der Waals surface area contributed by atoms with Crippen LogP contribution in [0.5, 0.6) is 0 Å². The number of imide groups is 2. The lowest BCUT2D eigenvalue weighted by Crippen LogP contribution is -2.54. The molecule has 0 radical (unpaired) electrons. The maximum Gasteiger partial charge on any atom is 0.262 e. The maximum absolute atomic E-state index is 14.0. The van der Waals surface area contributed by atoms with Crippen molar-refractivity contribution in [1.29, 1.82) is 0 Å². The molecular weight excluding hydrogens is 305 g/mol. The number of hydrogen-bond acceptors (Lipinski definition) is 4. The molecule has 118 valence electrons. The minimum absolute atomic E-state index is 0.0200. The normalized spacial score (nSPS) is 20.6. The molecule has 1 N–H and O–H groups in total. The van der Waals surface area contributed by atoms with E-state index in [0.717, 1.165) is 11.0 Å². The van der Waals surface area contributed by atoms with Crippen molar-refractivity contribution in [3.8, 4) is 0 Å². The topological polar surface area (TPSA) is 86.6 Å². The highest BCUT2D eigenvalue weighted by atomic mass is 19.1. The van der Waals surface area contributed by atoms with Gasteiger partial charge in [-0.3, -0.25) is 29.4 Å². The average Bonchev–Trinajstić information content (AvgIpc) is 2.70. The summed E-state index contributed by atoms with van der Waals surface area (Å²) in [4.78, 5) is 48.8. The van der Waals surface area contributed by atoms with Crippen molar-refractivity contribution in [2.24, 2.45) is 0 Å². The molecule has 23 heavy (non-hydrogen) atoms. The van der Waals surface area contributed by atoms with Gasteiger partial charge in [0.15, 0.2) is 5.82 Å². The number of rotatable bonds is 2. The Bertz CT molecular complexity index is 802. The molecule has 0 bridgehead atoms. The molecule has 0 spiro atoms. The third kappa shape index (κ3) is 2.23. The second-order valence-electron chi connectivity index (χ2n) is 5.49. The highest BCUT2D eigenvalue weighted by Crippen LogP contribution is 2.31. The summed E-state index contributed by atoms with van der Waals surface area (Å²) in [5, 5.41) is 2.10. The molecule has 2 heterocycles. The van der Waals surface area contributed by atoms with Gasteiger partial charge in [-0.1, -0.05) is 0 Å². The summed E-state index contributed by atoms with van der Waals surface area (Å²) in [6, 6.07) is 1.14. The van der Waals surface area contributed by atoms with Gasteiger partial charge in [-0.25, -0.2) is 4.58 Å². The largest absolute Gasteiger partial charge is 0.295 e. The lowest BCUT2D eigenvalue weighted by atomic mass is 10.0. The zero-order valence-corrected chi connectivity index (χ0v) is 12.3. The Morgan fingerprint density at radius 3 is 2.39 bits per heavy atom. The molecule has 1 aromatic rings. The minimum atomic E-state index is -1.07. The molecule has 1 aromatic carbocycles. The van der Waals surface area contributed by atoms with Gasteiger partial charge in [0.2, 0.25) is 17.5 Å². The van der Waals surface area contributed by atoms with Crippen LogP contribution in [-0.4, -0.2) is 52.9 Å². The molecule has 1 fully saturated rings. The van der Waals surface area contributed by atoms with Crippen LogP contribution in [0.15, 0.2) is 12.1 Å². The first-order chi connectivity index (χ1) is 10.8. The Labute approximate surface area is 130 Å². The molecule has 2 aliphatic heterocycles. The number of carbonyl (C=O) groups is 4. The highest BCUT2D eigenvalue weighted by molar-refractivity contribution is 6.23. The van der Waals surface area contributed by atoms with Crippen molar-refractivity contribution in [1.82, 2.24) is 10.2 Å². The van der Waals surface area contributed by atoms with Crippen LogP contribution in [0.1, 0.15) is 33.6 Å². The zero-order chi connectivity index (χ0) is 16.9. The molecule has 1 unspecified atom stereocenters. The molecule has 1 saturated heterocycles. The van der Waals surface area contributed by atoms with Gasteiger partial charge in [-0.15, -0.1) is 0 Å². The number of nitrogens with one attached hydrogen (secondary N) is 1. The quantitative estimate of drug-likeness (QED) is 0.479. The van der Waals surface area contributed by atoms with Crippen molar-refractivity contribution >= 4 is 36.0 Å². The van der Waals surface area contributed by atoms with Gasteiger partial charge in [0.1, 0.15) is 19.8 Å². The second kappa shape index (κ2) is 5.08. The molecule has 2 aliphatic rings. The molecule has 0 saturated carbocycles. The number of benzene rings is 1. The standard InChI is InChI=1S/C15H12FN3O4/c1-18(2)11-6-8-7(5-9(11)16)14(22)19(15(8)23)10-3-4-12(20)17-13(10)21/h5-6,10H,1,3-4H2,2H3/p+1. The Kier molecular flexibility index (Phi) is 3.32. The first-order valence-corrected chi connectivity index (χ1v) is 6.90. The first kappa shape index (κ1) is 15.0. The number of nitrogens with zero attached hydrogens (tertiary/aromatic N) is 2.